The standard InChI is InChI=1S/C30H46O3/c1-19(2)9-8-10-20(3)21-13-15-28(7)22-14-16-30-23(11-12-24(31)26(30,4)5)29(22,25(32)33-30)18-17-27(21,28)6/h8-10,14,16,20-25,31-32H,11-13,15,17-18H2,1-7H3/b10-8+/t20-,21-,22+,23?,24+,25?,27-,28+,29+,30-/m1/s1. The molecule has 1 spiro atoms. The number of rotatable bonds is 3. The Morgan fingerprint density at radius 2 is 1.73 bits per heavy atom. The van der Waals surface area contributed by atoms with Crippen LogP contribution in [0.2, 0.25) is 0 Å². The molecule has 0 aromatic carbocycles. The molecule has 2 bridgehead atoms. The molecule has 1 saturated heterocycles. The van der Waals surface area contributed by atoms with Crippen LogP contribution in [-0.4, -0.2) is 28.2 Å². The predicted molar refractivity (Wildman–Crippen MR) is 133 cm³/mol. The second-order valence-corrected chi connectivity index (χ2v) is 13.5. The molecule has 0 aromatic rings. The number of aliphatic hydroxyl groups is 2. The van der Waals surface area contributed by atoms with E-state index in [4.69, 9.17) is 4.74 Å². The predicted octanol–water partition coefficient (Wildman–Crippen LogP) is 6.42. The summed E-state index contributed by atoms with van der Waals surface area (Å²) < 4.78 is 6.59. The number of fused-ring (bicyclic) bond motifs is 2. The fourth-order valence-corrected chi connectivity index (χ4v) is 9.74. The van der Waals surface area contributed by atoms with Crippen LogP contribution >= 0.6 is 0 Å². The lowest BCUT2D eigenvalue weighted by Gasteiger charge is -2.65. The molecule has 3 nitrogen and oxygen atoms in total. The summed E-state index contributed by atoms with van der Waals surface area (Å²) in [6.45, 7) is 16.1. The van der Waals surface area contributed by atoms with Gasteiger partial charge in [0.1, 0.15) is 5.60 Å². The van der Waals surface area contributed by atoms with Gasteiger partial charge in [-0.2, -0.15) is 0 Å². The largest absolute Gasteiger partial charge is 0.392 e. The van der Waals surface area contributed by atoms with E-state index in [0.29, 0.717) is 17.8 Å². The lowest BCUT2D eigenvalue weighted by Crippen LogP contribution is -2.65. The van der Waals surface area contributed by atoms with Gasteiger partial charge in [-0.3, -0.25) is 0 Å². The third kappa shape index (κ3) is 2.74. The summed E-state index contributed by atoms with van der Waals surface area (Å²) in [6.07, 6.45) is 16.9. The van der Waals surface area contributed by atoms with E-state index in [9.17, 15) is 10.2 Å². The Morgan fingerprint density at radius 3 is 2.42 bits per heavy atom. The first-order valence-corrected chi connectivity index (χ1v) is 13.4. The normalized spacial score (nSPS) is 52.8. The van der Waals surface area contributed by atoms with Gasteiger partial charge in [0.05, 0.1) is 6.10 Å². The Morgan fingerprint density at radius 1 is 1.00 bits per heavy atom. The maximum absolute atomic E-state index is 11.6. The van der Waals surface area contributed by atoms with E-state index in [0.717, 1.165) is 25.7 Å². The monoisotopic (exact) mass is 454 g/mol. The second-order valence-electron chi connectivity index (χ2n) is 13.5. The molecule has 5 aliphatic rings. The van der Waals surface area contributed by atoms with Crippen molar-refractivity contribution in [1.82, 2.24) is 0 Å². The Bertz CT molecular complexity index is 896. The average Bonchev–Trinajstić information content (AvgIpc) is 3.09. The van der Waals surface area contributed by atoms with Crippen molar-refractivity contribution in [2.75, 3.05) is 0 Å². The van der Waals surface area contributed by atoms with Crippen LogP contribution in [-0.2, 0) is 4.74 Å². The zero-order valence-electron chi connectivity index (χ0n) is 21.9. The van der Waals surface area contributed by atoms with E-state index in [1.165, 1.54) is 18.4 Å². The van der Waals surface area contributed by atoms with Crippen molar-refractivity contribution in [2.24, 2.45) is 45.3 Å². The Kier molecular flexibility index (Phi) is 5.27. The number of ether oxygens (including phenoxy) is 1. The Labute approximate surface area is 201 Å². The van der Waals surface area contributed by atoms with Crippen LogP contribution in [0.4, 0.5) is 0 Å². The van der Waals surface area contributed by atoms with Crippen LogP contribution in [0.25, 0.3) is 0 Å². The van der Waals surface area contributed by atoms with E-state index >= 15 is 0 Å². The molecule has 3 saturated carbocycles. The van der Waals surface area contributed by atoms with Crippen molar-refractivity contribution in [2.45, 2.75) is 105 Å². The van der Waals surface area contributed by atoms with Crippen molar-refractivity contribution < 1.29 is 14.9 Å². The van der Waals surface area contributed by atoms with Crippen LogP contribution in [0.1, 0.15) is 87.0 Å². The first-order valence-electron chi connectivity index (χ1n) is 13.4. The van der Waals surface area contributed by atoms with Gasteiger partial charge >= 0.3 is 0 Å². The van der Waals surface area contributed by atoms with E-state index in [1.54, 1.807) is 0 Å². The SMILES string of the molecule is CC(C)=C/C=C/[C@@H](C)[C@H]1CC[C@@]2(C)[C@@H]3C=C[C@@]45OC(O)[C@]3(CC[C@]12C)C4CC[C@H](O)C5(C)C. The summed E-state index contributed by atoms with van der Waals surface area (Å²) in [5.74, 6) is 1.81. The highest BCUT2D eigenvalue weighted by molar-refractivity contribution is 5.34. The number of hydrogen-bond acceptors (Lipinski definition) is 3. The molecule has 5 rings (SSSR count). The fraction of sp³-hybridized carbons (Fsp3) is 0.800. The second kappa shape index (κ2) is 7.31. The molecule has 10 atom stereocenters. The quantitative estimate of drug-likeness (QED) is 0.382. The first kappa shape index (κ1) is 23.8. The summed E-state index contributed by atoms with van der Waals surface area (Å²) in [4.78, 5) is 0. The zero-order valence-corrected chi connectivity index (χ0v) is 21.9. The molecule has 3 heteroatoms. The first-order chi connectivity index (χ1) is 15.4. The number of hydrogen-bond donors (Lipinski definition) is 2. The van der Waals surface area contributed by atoms with Crippen molar-refractivity contribution in [1.29, 1.82) is 0 Å². The highest BCUT2D eigenvalue weighted by Gasteiger charge is 2.78. The minimum atomic E-state index is -0.748. The van der Waals surface area contributed by atoms with Gasteiger partial charge in [0.2, 0.25) is 0 Å². The summed E-state index contributed by atoms with van der Waals surface area (Å²) in [6, 6.07) is 0. The van der Waals surface area contributed by atoms with Crippen LogP contribution in [0, 0.1) is 45.3 Å². The number of aliphatic hydroxyl groups excluding tert-OH is 2. The van der Waals surface area contributed by atoms with Gasteiger partial charge in [-0.1, -0.05) is 70.6 Å². The van der Waals surface area contributed by atoms with Crippen LogP contribution in [0.15, 0.2) is 36.0 Å². The third-order valence-electron chi connectivity index (χ3n) is 12.0. The molecule has 4 aliphatic carbocycles. The Hall–Kier alpha value is -0.900. The summed E-state index contributed by atoms with van der Waals surface area (Å²) >= 11 is 0. The molecule has 0 amide bonds. The summed E-state index contributed by atoms with van der Waals surface area (Å²) in [5, 5.41) is 22.5. The van der Waals surface area contributed by atoms with Crippen LogP contribution in [0.3, 0.4) is 0 Å². The molecule has 2 N–H and O–H groups in total. The number of allylic oxidation sites excluding steroid dienone is 5. The minimum absolute atomic E-state index is 0.145. The molecule has 2 unspecified atom stereocenters. The molecule has 1 heterocycles. The Balaban J connectivity index is 1.54. The van der Waals surface area contributed by atoms with Gasteiger partial charge in [-0.15, -0.1) is 0 Å². The molecule has 1 aliphatic heterocycles. The lowest BCUT2D eigenvalue weighted by molar-refractivity contribution is -0.213. The minimum Gasteiger partial charge on any atom is -0.392 e. The van der Waals surface area contributed by atoms with E-state index < -0.39 is 23.4 Å². The molecular weight excluding hydrogens is 408 g/mol. The highest BCUT2D eigenvalue weighted by Crippen LogP contribution is 2.78. The van der Waals surface area contributed by atoms with E-state index in [2.05, 4.69) is 78.8 Å². The molecular formula is C30H46O3. The summed E-state index contributed by atoms with van der Waals surface area (Å²) in [7, 11) is 0. The van der Waals surface area contributed by atoms with Crippen molar-refractivity contribution in [3.05, 3.63) is 36.0 Å². The lowest BCUT2D eigenvalue weighted by atomic mass is 9.38. The average molecular weight is 455 g/mol. The summed E-state index contributed by atoms with van der Waals surface area (Å²) in [5.41, 5.74) is 0.554. The molecule has 0 radical (unpaired) electrons. The van der Waals surface area contributed by atoms with E-state index in [-0.39, 0.29) is 22.2 Å². The van der Waals surface area contributed by atoms with Gasteiger partial charge in [0, 0.05) is 16.7 Å². The van der Waals surface area contributed by atoms with Gasteiger partial charge in [0.25, 0.3) is 0 Å². The fourth-order valence-electron chi connectivity index (χ4n) is 9.74. The van der Waals surface area contributed by atoms with Crippen molar-refractivity contribution >= 4 is 0 Å². The maximum Gasteiger partial charge on any atom is 0.162 e. The van der Waals surface area contributed by atoms with Gasteiger partial charge in [-0.25, -0.2) is 0 Å². The smallest absolute Gasteiger partial charge is 0.162 e. The zero-order chi connectivity index (χ0) is 24.0. The molecule has 0 aromatic heterocycles. The van der Waals surface area contributed by atoms with Gasteiger partial charge in [0.15, 0.2) is 6.29 Å². The van der Waals surface area contributed by atoms with Gasteiger partial charge < -0.3 is 14.9 Å². The van der Waals surface area contributed by atoms with Gasteiger partial charge in [-0.05, 0) is 81.0 Å². The third-order valence-corrected chi connectivity index (χ3v) is 12.0. The van der Waals surface area contributed by atoms with Crippen molar-refractivity contribution in [3.8, 4) is 0 Å². The molecule has 184 valence electrons. The van der Waals surface area contributed by atoms with E-state index in [1.807, 2.05) is 0 Å². The van der Waals surface area contributed by atoms with Crippen LogP contribution < -0.4 is 0 Å². The molecule has 33 heavy (non-hydrogen) atoms. The maximum atomic E-state index is 11.6. The van der Waals surface area contributed by atoms with Crippen LogP contribution in [0.5, 0.6) is 0 Å². The topological polar surface area (TPSA) is 49.7 Å². The highest BCUT2D eigenvalue weighted by atomic mass is 16.6. The van der Waals surface area contributed by atoms with Crippen molar-refractivity contribution in [3.63, 3.8) is 0 Å². The molecule has 4 fully saturated rings.